The molecule has 1 aromatic rings. The molecule has 4 heteroatoms. The van der Waals surface area contributed by atoms with E-state index >= 15 is 0 Å². The van der Waals surface area contributed by atoms with E-state index in [4.69, 9.17) is 0 Å². The molecular weight excluding hydrogens is 262 g/mol. The maximum absolute atomic E-state index is 12.2. The summed E-state index contributed by atoms with van der Waals surface area (Å²) in [4.78, 5) is 14.4. The van der Waals surface area contributed by atoms with Crippen molar-refractivity contribution < 1.29 is 4.79 Å². The molecular formula is C17H27N3O. The fourth-order valence-electron chi connectivity index (χ4n) is 2.91. The largest absolute Gasteiger partial charge is 0.348 e. The molecule has 1 aromatic carbocycles. The summed E-state index contributed by atoms with van der Waals surface area (Å²) in [6.45, 7) is 4.66. The van der Waals surface area contributed by atoms with E-state index in [1.54, 1.807) is 0 Å². The molecule has 1 saturated heterocycles. The van der Waals surface area contributed by atoms with Crippen molar-refractivity contribution >= 4 is 5.91 Å². The van der Waals surface area contributed by atoms with Gasteiger partial charge >= 0.3 is 0 Å². The van der Waals surface area contributed by atoms with Crippen molar-refractivity contribution in [3.8, 4) is 0 Å². The Hall–Kier alpha value is -1.39. The zero-order chi connectivity index (χ0) is 15.1. The summed E-state index contributed by atoms with van der Waals surface area (Å²) < 4.78 is 0. The van der Waals surface area contributed by atoms with Crippen molar-refractivity contribution in [2.45, 2.75) is 38.3 Å². The highest BCUT2D eigenvalue weighted by atomic mass is 16.2. The molecule has 2 atom stereocenters. The fourth-order valence-corrected chi connectivity index (χ4v) is 2.91. The summed E-state index contributed by atoms with van der Waals surface area (Å²) in [6.07, 6.45) is 3.49. The van der Waals surface area contributed by atoms with Crippen LogP contribution in [0, 0.1) is 0 Å². The Morgan fingerprint density at radius 1 is 1.33 bits per heavy atom. The predicted molar refractivity (Wildman–Crippen MR) is 86.1 cm³/mol. The van der Waals surface area contributed by atoms with Gasteiger partial charge in [0.25, 0.3) is 0 Å². The molecule has 1 fully saturated rings. The van der Waals surface area contributed by atoms with Gasteiger partial charge in [-0.3, -0.25) is 9.69 Å². The minimum atomic E-state index is 0.0582. The lowest BCUT2D eigenvalue weighted by molar-refractivity contribution is -0.123. The van der Waals surface area contributed by atoms with Crippen LogP contribution in [0.25, 0.3) is 0 Å². The van der Waals surface area contributed by atoms with Crippen molar-refractivity contribution in [3.63, 3.8) is 0 Å². The van der Waals surface area contributed by atoms with Crippen molar-refractivity contribution in [1.29, 1.82) is 0 Å². The second-order valence-corrected chi connectivity index (χ2v) is 5.95. The van der Waals surface area contributed by atoms with E-state index in [0.717, 1.165) is 25.1 Å². The predicted octanol–water partition coefficient (Wildman–Crippen LogP) is 1.94. The van der Waals surface area contributed by atoms with Crippen LogP contribution in [0.5, 0.6) is 0 Å². The third kappa shape index (κ3) is 5.14. The number of rotatable bonds is 5. The van der Waals surface area contributed by atoms with E-state index in [-0.39, 0.29) is 11.9 Å². The molecule has 0 saturated carbocycles. The highest BCUT2D eigenvalue weighted by Crippen LogP contribution is 2.13. The topological polar surface area (TPSA) is 44.4 Å². The Bertz CT molecular complexity index is 427. The monoisotopic (exact) mass is 289 g/mol. The molecule has 0 spiro atoms. The number of amides is 1. The van der Waals surface area contributed by atoms with E-state index < -0.39 is 0 Å². The normalized spacial score (nSPS) is 20.8. The van der Waals surface area contributed by atoms with E-state index in [0.29, 0.717) is 12.6 Å². The van der Waals surface area contributed by atoms with Gasteiger partial charge in [-0.2, -0.15) is 0 Å². The highest BCUT2D eigenvalue weighted by molar-refractivity contribution is 5.78. The van der Waals surface area contributed by atoms with Gasteiger partial charge in [-0.25, -0.2) is 0 Å². The molecule has 4 nitrogen and oxygen atoms in total. The van der Waals surface area contributed by atoms with Crippen molar-refractivity contribution in [2.24, 2.45) is 0 Å². The zero-order valence-corrected chi connectivity index (χ0v) is 13.1. The van der Waals surface area contributed by atoms with Crippen LogP contribution < -0.4 is 10.6 Å². The molecule has 0 radical (unpaired) electrons. The maximum Gasteiger partial charge on any atom is 0.234 e. The van der Waals surface area contributed by atoms with Crippen LogP contribution >= 0.6 is 0 Å². The van der Waals surface area contributed by atoms with Crippen LogP contribution in [-0.4, -0.2) is 43.5 Å². The Kier molecular flexibility index (Phi) is 6.21. The number of hydrogen-bond acceptors (Lipinski definition) is 3. The fraction of sp³-hybridized carbons (Fsp3) is 0.588. The summed E-state index contributed by atoms with van der Waals surface area (Å²) in [5.41, 5.74) is 1.15. The molecule has 116 valence electrons. The maximum atomic E-state index is 12.2. The third-order valence-corrected chi connectivity index (χ3v) is 4.24. The first-order valence-electron chi connectivity index (χ1n) is 7.92. The second-order valence-electron chi connectivity index (χ2n) is 5.95. The quantitative estimate of drug-likeness (QED) is 0.870. The Balaban J connectivity index is 1.80. The standard InChI is InChI=1S/C17H27N3O/c1-14(15-7-4-3-5-8-15)19-17(21)13-20(2)16-9-6-11-18-12-10-16/h3-5,7-8,14,16,18H,6,9-13H2,1-2H3,(H,19,21). The Morgan fingerprint density at radius 2 is 2.10 bits per heavy atom. The highest BCUT2D eigenvalue weighted by Gasteiger charge is 2.19. The van der Waals surface area contributed by atoms with Crippen LogP contribution in [-0.2, 0) is 4.79 Å². The molecule has 2 unspecified atom stereocenters. The van der Waals surface area contributed by atoms with Crippen molar-refractivity contribution in [1.82, 2.24) is 15.5 Å². The lowest BCUT2D eigenvalue weighted by atomic mass is 10.1. The van der Waals surface area contributed by atoms with Crippen molar-refractivity contribution in [2.75, 3.05) is 26.7 Å². The first-order valence-corrected chi connectivity index (χ1v) is 7.92. The molecule has 1 amide bonds. The van der Waals surface area contributed by atoms with Gasteiger partial charge in [-0.05, 0) is 51.9 Å². The van der Waals surface area contributed by atoms with Crippen LogP contribution in [0.2, 0.25) is 0 Å². The van der Waals surface area contributed by atoms with Gasteiger partial charge in [0.15, 0.2) is 0 Å². The van der Waals surface area contributed by atoms with Gasteiger partial charge in [-0.15, -0.1) is 0 Å². The minimum Gasteiger partial charge on any atom is -0.348 e. The second kappa shape index (κ2) is 8.15. The smallest absolute Gasteiger partial charge is 0.234 e. The number of nitrogens with one attached hydrogen (secondary N) is 2. The molecule has 0 aromatic heterocycles. The number of carbonyl (C=O) groups excluding carboxylic acids is 1. The number of likely N-dealkylation sites (N-methyl/N-ethyl adjacent to an activating group) is 1. The molecule has 1 heterocycles. The summed E-state index contributed by atoms with van der Waals surface area (Å²) >= 11 is 0. The molecule has 0 bridgehead atoms. The van der Waals surface area contributed by atoms with Gasteiger partial charge in [0.1, 0.15) is 0 Å². The summed E-state index contributed by atoms with van der Waals surface area (Å²) in [6, 6.07) is 10.7. The van der Waals surface area contributed by atoms with Gasteiger partial charge in [0, 0.05) is 6.04 Å². The van der Waals surface area contributed by atoms with Gasteiger partial charge in [0.05, 0.1) is 12.6 Å². The van der Waals surface area contributed by atoms with Gasteiger partial charge in [0.2, 0.25) is 5.91 Å². The number of benzene rings is 1. The van der Waals surface area contributed by atoms with Gasteiger partial charge in [-0.1, -0.05) is 30.3 Å². The lowest BCUT2D eigenvalue weighted by Crippen LogP contribution is -2.41. The van der Waals surface area contributed by atoms with Crippen molar-refractivity contribution in [3.05, 3.63) is 35.9 Å². The number of carbonyl (C=O) groups is 1. The van der Waals surface area contributed by atoms with Crippen LogP contribution in [0.4, 0.5) is 0 Å². The minimum absolute atomic E-state index is 0.0582. The molecule has 21 heavy (non-hydrogen) atoms. The summed E-state index contributed by atoms with van der Waals surface area (Å²) in [7, 11) is 2.06. The van der Waals surface area contributed by atoms with Crippen LogP contribution in [0.3, 0.4) is 0 Å². The molecule has 2 rings (SSSR count). The average molecular weight is 289 g/mol. The lowest BCUT2D eigenvalue weighted by Gasteiger charge is -2.27. The summed E-state index contributed by atoms with van der Waals surface area (Å²) in [5.74, 6) is 0.103. The molecule has 1 aliphatic heterocycles. The van der Waals surface area contributed by atoms with E-state index in [1.807, 2.05) is 37.3 Å². The van der Waals surface area contributed by atoms with E-state index in [2.05, 4.69) is 22.6 Å². The van der Waals surface area contributed by atoms with Gasteiger partial charge < -0.3 is 10.6 Å². The molecule has 1 aliphatic rings. The van der Waals surface area contributed by atoms with E-state index in [9.17, 15) is 4.79 Å². The average Bonchev–Trinajstić information content (AvgIpc) is 2.77. The number of nitrogens with zero attached hydrogens (tertiary/aromatic N) is 1. The molecule has 2 N–H and O–H groups in total. The SMILES string of the molecule is CC(NC(=O)CN(C)C1CCCNCC1)c1ccccc1. The third-order valence-electron chi connectivity index (χ3n) is 4.24. The van der Waals surface area contributed by atoms with Crippen LogP contribution in [0.15, 0.2) is 30.3 Å². The molecule has 0 aliphatic carbocycles. The Morgan fingerprint density at radius 3 is 2.86 bits per heavy atom. The first kappa shape index (κ1) is 16.0. The van der Waals surface area contributed by atoms with E-state index in [1.165, 1.54) is 12.8 Å². The summed E-state index contributed by atoms with van der Waals surface area (Å²) in [5, 5.41) is 6.50. The Labute approximate surface area is 127 Å². The van der Waals surface area contributed by atoms with Crippen LogP contribution in [0.1, 0.15) is 37.8 Å². The first-order chi connectivity index (χ1) is 10.2. The number of hydrogen-bond donors (Lipinski definition) is 2. The zero-order valence-electron chi connectivity index (χ0n) is 13.1.